The highest BCUT2D eigenvalue weighted by Crippen LogP contribution is 2.35. The van der Waals surface area contributed by atoms with Gasteiger partial charge in [-0.05, 0) is 46.2 Å². The van der Waals surface area contributed by atoms with Crippen molar-refractivity contribution in [3.8, 4) is 0 Å². The predicted octanol–water partition coefficient (Wildman–Crippen LogP) is 2.57. The summed E-state index contributed by atoms with van der Waals surface area (Å²) in [5, 5.41) is 10.7. The van der Waals surface area contributed by atoms with E-state index in [9.17, 15) is 4.79 Å². The van der Waals surface area contributed by atoms with Gasteiger partial charge < -0.3 is 10.6 Å². The summed E-state index contributed by atoms with van der Waals surface area (Å²) in [6.45, 7) is 8.13. The van der Waals surface area contributed by atoms with Crippen LogP contribution in [0.5, 0.6) is 0 Å². The van der Waals surface area contributed by atoms with Gasteiger partial charge in [-0.2, -0.15) is 5.10 Å². The van der Waals surface area contributed by atoms with Crippen LogP contribution in [-0.2, 0) is 4.79 Å². The average Bonchev–Trinajstić information content (AvgIpc) is 2.88. The van der Waals surface area contributed by atoms with E-state index in [0.29, 0.717) is 0 Å². The van der Waals surface area contributed by atoms with E-state index in [1.165, 1.54) is 0 Å². The number of nitrogens with one attached hydrogen (secondary N) is 2. The van der Waals surface area contributed by atoms with Crippen molar-refractivity contribution in [2.24, 2.45) is 5.41 Å². The topological polar surface area (TPSA) is 59.0 Å². The first-order chi connectivity index (χ1) is 9.59. The summed E-state index contributed by atoms with van der Waals surface area (Å²) in [7, 11) is 0. The Morgan fingerprint density at radius 3 is 2.80 bits per heavy atom. The van der Waals surface area contributed by atoms with Crippen molar-refractivity contribution in [2.75, 3.05) is 18.4 Å². The van der Waals surface area contributed by atoms with Crippen molar-refractivity contribution in [3.05, 3.63) is 12.3 Å². The van der Waals surface area contributed by atoms with Gasteiger partial charge in [0.25, 0.3) is 0 Å². The maximum absolute atomic E-state index is 12.8. The molecule has 0 atom stereocenters. The van der Waals surface area contributed by atoms with E-state index >= 15 is 0 Å². The molecule has 5 nitrogen and oxygen atoms in total. The first kappa shape index (κ1) is 15.0. The monoisotopic (exact) mass is 278 g/mol. The van der Waals surface area contributed by atoms with Gasteiger partial charge in [0.15, 0.2) is 0 Å². The number of anilines is 1. The van der Waals surface area contributed by atoms with Gasteiger partial charge in [0, 0.05) is 12.1 Å². The summed E-state index contributed by atoms with van der Waals surface area (Å²) >= 11 is 0. The van der Waals surface area contributed by atoms with Gasteiger partial charge in [0.2, 0.25) is 5.91 Å². The van der Waals surface area contributed by atoms with Gasteiger partial charge in [-0.15, -0.1) is 0 Å². The second-order valence-electron chi connectivity index (χ2n) is 5.99. The molecule has 1 aliphatic heterocycles. The van der Waals surface area contributed by atoms with Gasteiger partial charge in [-0.1, -0.05) is 13.3 Å². The molecule has 1 amide bonds. The highest BCUT2D eigenvalue weighted by Gasteiger charge is 2.38. The van der Waals surface area contributed by atoms with Crippen LogP contribution in [0.25, 0.3) is 0 Å². The number of amides is 1. The van der Waals surface area contributed by atoms with Crippen molar-refractivity contribution in [1.82, 2.24) is 15.1 Å². The molecule has 2 N–H and O–H groups in total. The normalized spacial score (nSPS) is 18.2. The van der Waals surface area contributed by atoms with E-state index in [-0.39, 0.29) is 17.4 Å². The smallest absolute Gasteiger partial charge is 0.231 e. The summed E-state index contributed by atoms with van der Waals surface area (Å²) in [4.78, 5) is 12.8. The maximum Gasteiger partial charge on any atom is 0.231 e. The minimum atomic E-state index is -0.216. The lowest BCUT2D eigenvalue weighted by atomic mass is 9.74. The van der Waals surface area contributed by atoms with E-state index in [1.807, 2.05) is 10.7 Å². The van der Waals surface area contributed by atoms with Crippen LogP contribution in [-0.4, -0.2) is 28.8 Å². The summed E-state index contributed by atoms with van der Waals surface area (Å²) in [6, 6.07) is 2.12. The number of hydrogen-bond acceptors (Lipinski definition) is 3. The summed E-state index contributed by atoms with van der Waals surface area (Å²) < 4.78 is 1.86. The summed E-state index contributed by atoms with van der Waals surface area (Å²) in [5.74, 6) is 0.960. The molecule has 2 heterocycles. The molecular weight excluding hydrogens is 252 g/mol. The van der Waals surface area contributed by atoms with E-state index in [2.05, 4.69) is 36.5 Å². The first-order valence-corrected chi connectivity index (χ1v) is 7.65. The Morgan fingerprint density at radius 1 is 1.50 bits per heavy atom. The lowest BCUT2D eigenvalue weighted by molar-refractivity contribution is -0.127. The Kier molecular flexibility index (Phi) is 4.81. The van der Waals surface area contributed by atoms with Crippen LogP contribution in [0.4, 0.5) is 5.82 Å². The molecule has 112 valence electrons. The minimum absolute atomic E-state index is 0.156. The van der Waals surface area contributed by atoms with Gasteiger partial charge in [0.05, 0.1) is 11.6 Å². The van der Waals surface area contributed by atoms with Crippen LogP contribution >= 0.6 is 0 Å². The largest absolute Gasteiger partial charge is 0.317 e. The van der Waals surface area contributed by atoms with Crippen molar-refractivity contribution < 1.29 is 4.79 Å². The second kappa shape index (κ2) is 6.39. The lowest BCUT2D eigenvalue weighted by Gasteiger charge is -2.36. The molecule has 0 saturated carbocycles. The standard InChI is InChI=1S/C15H26N4O/c1-4-6-15(7-10-16-11-8-15)14(20)18-13-5-9-17-19(13)12(2)3/h5,9,12,16H,4,6-8,10-11H2,1-3H3,(H,18,20). The van der Waals surface area contributed by atoms with Crippen molar-refractivity contribution >= 4 is 11.7 Å². The third kappa shape index (κ3) is 3.03. The summed E-state index contributed by atoms with van der Waals surface area (Å²) in [5.41, 5.74) is -0.216. The van der Waals surface area contributed by atoms with Crippen molar-refractivity contribution in [3.63, 3.8) is 0 Å². The van der Waals surface area contributed by atoms with Gasteiger partial charge >= 0.3 is 0 Å². The molecule has 0 aromatic carbocycles. The SMILES string of the molecule is CCCC1(C(=O)Nc2ccnn2C(C)C)CCNCC1. The quantitative estimate of drug-likeness (QED) is 0.870. The molecule has 0 bridgehead atoms. The molecule has 0 aliphatic carbocycles. The number of rotatable bonds is 5. The second-order valence-corrected chi connectivity index (χ2v) is 5.99. The maximum atomic E-state index is 12.8. The molecule has 0 radical (unpaired) electrons. The fourth-order valence-electron chi connectivity index (χ4n) is 3.05. The van der Waals surface area contributed by atoms with Crippen LogP contribution in [0.3, 0.4) is 0 Å². The fourth-order valence-corrected chi connectivity index (χ4v) is 3.05. The molecule has 1 fully saturated rings. The van der Waals surface area contributed by atoms with Gasteiger partial charge in [-0.3, -0.25) is 4.79 Å². The third-order valence-corrected chi connectivity index (χ3v) is 4.17. The zero-order valence-electron chi connectivity index (χ0n) is 12.8. The number of piperidine rings is 1. The van der Waals surface area contributed by atoms with E-state index in [4.69, 9.17) is 0 Å². The molecule has 20 heavy (non-hydrogen) atoms. The van der Waals surface area contributed by atoms with Crippen LogP contribution < -0.4 is 10.6 Å². The molecule has 0 spiro atoms. The number of hydrogen-bond donors (Lipinski definition) is 2. The molecular formula is C15H26N4O. The Labute approximate surface area is 121 Å². The lowest BCUT2D eigenvalue weighted by Crippen LogP contribution is -2.45. The average molecular weight is 278 g/mol. The number of carbonyl (C=O) groups excluding carboxylic acids is 1. The molecule has 5 heteroatoms. The van der Waals surface area contributed by atoms with Crippen LogP contribution in [0.1, 0.15) is 52.5 Å². The fraction of sp³-hybridized carbons (Fsp3) is 0.733. The molecule has 1 aliphatic rings. The molecule has 1 aromatic rings. The predicted molar refractivity (Wildman–Crippen MR) is 80.7 cm³/mol. The van der Waals surface area contributed by atoms with Crippen LogP contribution in [0, 0.1) is 5.41 Å². The molecule has 0 unspecified atom stereocenters. The highest BCUT2D eigenvalue weighted by atomic mass is 16.2. The van der Waals surface area contributed by atoms with Crippen LogP contribution in [0.15, 0.2) is 12.3 Å². The number of nitrogens with zero attached hydrogens (tertiary/aromatic N) is 2. The Morgan fingerprint density at radius 2 is 2.20 bits per heavy atom. The zero-order chi connectivity index (χ0) is 14.6. The third-order valence-electron chi connectivity index (χ3n) is 4.17. The molecule has 1 saturated heterocycles. The molecule has 1 aromatic heterocycles. The Bertz CT molecular complexity index is 441. The van der Waals surface area contributed by atoms with Crippen molar-refractivity contribution in [1.29, 1.82) is 0 Å². The number of aromatic nitrogens is 2. The van der Waals surface area contributed by atoms with Gasteiger partial charge in [0.1, 0.15) is 5.82 Å². The van der Waals surface area contributed by atoms with E-state index < -0.39 is 0 Å². The Hall–Kier alpha value is -1.36. The number of carbonyl (C=O) groups is 1. The van der Waals surface area contributed by atoms with Crippen molar-refractivity contribution in [2.45, 2.75) is 52.5 Å². The van der Waals surface area contributed by atoms with E-state index in [0.717, 1.165) is 44.6 Å². The van der Waals surface area contributed by atoms with Crippen LogP contribution in [0.2, 0.25) is 0 Å². The molecule has 2 rings (SSSR count). The summed E-state index contributed by atoms with van der Waals surface area (Å²) in [6.07, 6.45) is 5.57. The highest BCUT2D eigenvalue weighted by molar-refractivity contribution is 5.94. The Balaban J connectivity index is 2.14. The zero-order valence-corrected chi connectivity index (χ0v) is 12.8. The van der Waals surface area contributed by atoms with E-state index in [1.54, 1.807) is 6.20 Å². The van der Waals surface area contributed by atoms with Gasteiger partial charge in [-0.25, -0.2) is 4.68 Å². The minimum Gasteiger partial charge on any atom is -0.317 e. The first-order valence-electron chi connectivity index (χ1n) is 7.65.